The Kier molecular flexibility index (Phi) is 4.12. The fraction of sp³-hybridized carbons (Fsp3) is 0.714. The standard InChI is InChI=1S/C14H22ClN3O2/c1-6-20-11-7-10(14(11,2)3)17(4)9-8-16-18(5)13(19)12(9)15/h8,10-11H,6-7H2,1-5H3. The number of halogens is 1. The van der Waals surface area contributed by atoms with Crippen molar-refractivity contribution in [1.82, 2.24) is 9.78 Å². The maximum Gasteiger partial charge on any atom is 0.287 e. The first kappa shape index (κ1) is 15.3. The summed E-state index contributed by atoms with van der Waals surface area (Å²) in [4.78, 5) is 13.9. The van der Waals surface area contributed by atoms with Crippen molar-refractivity contribution in [3.8, 4) is 0 Å². The molecule has 0 aromatic carbocycles. The summed E-state index contributed by atoms with van der Waals surface area (Å²) in [7, 11) is 3.55. The molecular weight excluding hydrogens is 278 g/mol. The van der Waals surface area contributed by atoms with Crippen molar-refractivity contribution >= 4 is 17.3 Å². The number of hydrogen-bond donors (Lipinski definition) is 0. The summed E-state index contributed by atoms with van der Waals surface area (Å²) in [6, 6.07) is 0.283. The van der Waals surface area contributed by atoms with Gasteiger partial charge in [0.1, 0.15) is 5.02 Å². The number of aryl methyl sites for hydroxylation is 1. The van der Waals surface area contributed by atoms with Gasteiger partial charge in [-0.15, -0.1) is 0 Å². The van der Waals surface area contributed by atoms with E-state index in [9.17, 15) is 4.79 Å². The molecule has 1 aromatic rings. The molecule has 1 fully saturated rings. The second-order valence-electron chi connectivity index (χ2n) is 5.90. The van der Waals surface area contributed by atoms with E-state index in [0.29, 0.717) is 5.69 Å². The van der Waals surface area contributed by atoms with E-state index < -0.39 is 0 Å². The Morgan fingerprint density at radius 3 is 2.80 bits per heavy atom. The molecule has 20 heavy (non-hydrogen) atoms. The average Bonchev–Trinajstić information content (AvgIpc) is 2.40. The van der Waals surface area contributed by atoms with E-state index in [1.165, 1.54) is 4.68 Å². The van der Waals surface area contributed by atoms with Crippen molar-refractivity contribution in [3.05, 3.63) is 21.6 Å². The Morgan fingerprint density at radius 1 is 1.60 bits per heavy atom. The topological polar surface area (TPSA) is 47.4 Å². The first-order valence-electron chi connectivity index (χ1n) is 6.87. The first-order chi connectivity index (χ1) is 9.30. The minimum absolute atomic E-state index is 0.0230. The van der Waals surface area contributed by atoms with E-state index in [1.54, 1.807) is 13.2 Å². The lowest BCUT2D eigenvalue weighted by atomic mass is 9.63. The number of nitrogens with zero attached hydrogens (tertiary/aromatic N) is 3. The van der Waals surface area contributed by atoms with Gasteiger partial charge in [0.05, 0.1) is 18.0 Å². The smallest absolute Gasteiger partial charge is 0.287 e. The molecule has 6 heteroatoms. The zero-order chi connectivity index (χ0) is 15.1. The maximum absolute atomic E-state index is 11.9. The van der Waals surface area contributed by atoms with Crippen LogP contribution in [0.3, 0.4) is 0 Å². The largest absolute Gasteiger partial charge is 0.378 e. The van der Waals surface area contributed by atoms with Gasteiger partial charge < -0.3 is 9.64 Å². The van der Waals surface area contributed by atoms with Crippen LogP contribution in [0.1, 0.15) is 27.2 Å². The molecule has 0 radical (unpaired) electrons. The molecule has 2 atom stereocenters. The number of anilines is 1. The Hall–Kier alpha value is -1.07. The van der Waals surface area contributed by atoms with Gasteiger partial charge in [-0.25, -0.2) is 4.68 Å². The molecule has 1 aromatic heterocycles. The molecular formula is C14H22ClN3O2. The van der Waals surface area contributed by atoms with Crippen LogP contribution in [-0.4, -0.2) is 35.6 Å². The van der Waals surface area contributed by atoms with Gasteiger partial charge in [-0.1, -0.05) is 25.4 Å². The Labute approximate surface area is 124 Å². The Morgan fingerprint density at radius 2 is 2.25 bits per heavy atom. The van der Waals surface area contributed by atoms with Gasteiger partial charge in [0.2, 0.25) is 0 Å². The highest BCUT2D eigenvalue weighted by Gasteiger charge is 2.51. The maximum atomic E-state index is 11.9. The van der Waals surface area contributed by atoms with Crippen molar-refractivity contribution in [2.75, 3.05) is 18.6 Å². The summed E-state index contributed by atoms with van der Waals surface area (Å²) in [6.45, 7) is 7.09. The van der Waals surface area contributed by atoms with Crippen LogP contribution in [0, 0.1) is 5.41 Å². The van der Waals surface area contributed by atoms with Crippen LogP contribution < -0.4 is 10.5 Å². The molecule has 0 N–H and O–H groups in total. The van der Waals surface area contributed by atoms with Crippen LogP contribution in [0.2, 0.25) is 5.02 Å². The van der Waals surface area contributed by atoms with Crippen LogP contribution in [0.5, 0.6) is 0 Å². The molecule has 1 aliphatic rings. The van der Waals surface area contributed by atoms with Gasteiger partial charge in [0, 0.05) is 32.2 Å². The number of aromatic nitrogens is 2. The SMILES string of the molecule is CCOC1CC(N(C)c2cnn(C)c(=O)c2Cl)C1(C)C. The van der Waals surface area contributed by atoms with Gasteiger partial charge in [0.15, 0.2) is 0 Å². The van der Waals surface area contributed by atoms with Crippen LogP contribution in [0.15, 0.2) is 11.0 Å². The van der Waals surface area contributed by atoms with E-state index in [0.717, 1.165) is 13.0 Å². The lowest BCUT2D eigenvalue weighted by molar-refractivity contribution is -0.104. The molecule has 112 valence electrons. The summed E-state index contributed by atoms with van der Waals surface area (Å²) in [6.07, 6.45) is 2.83. The van der Waals surface area contributed by atoms with Crippen LogP contribution >= 0.6 is 11.6 Å². The third-order valence-electron chi connectivity index (χ3n) is 4.40. The van der Waals surface area contributed by atoms with Crippen LogP contribution in [0.25, 0.3) is 0 Å². The molecule has 0 spiro atoms. The number of hydrogen-bond acceptors (Lipinski definition) is 4. The summed E-state index contributed by atoms with van der Waals surface area (Å²) in [5.74, 6) is 0. The van der Waals surface area contributed by atoms with Gasteiger partial charge >= 0.3 is 0 Å². The second-order valence-corrected chi connectivity index (χ2v) is 6.28. The molecule has 1 saturated carbocycles. The van der Waals surface area contributed by atoms with Crippen molar-refractivity contribution in [3.63, 3.8) is 0 Å². The predicted octanol–water partition coefficient (Wildman–Crippen LogP) is 2.07. The molecule has 0 aliphatic heterocycles. The van der Waals surface area contributed by atoms with E-state index >= 15 is 0 Å². The first-order valence-corrected chi connectivity index (χ1v) is 7.24. The highest BCUT2D eigenvalue weighted by atomic mass is 35.5. The average molecular weight is 300 g/mol. The lowest BCUT2D eigenvalue weighted by Crippen LogP contribution is -2.61. The van der Waals surface area contributed by atoms with E-state index in [1.807, 2.05) is 18.9 Å². The van der Waals surface area contributed by atoms with E-state index in [-0.39, 0.29) is 28.1 Å². The van der Waals surface area contributed by atoms with Crippen LogP contribution in [0.4, 0.5) is 5.69 Å². The van der Waals surface area contributed by atoms with E-state index in [4.69, 9.17) is 16.3 Å². The fourth-order valence-electron chi connectivity index (χ4n) is 2.92. The summed E-state index contributed by atoms with van der Waals surface area (Å²) in [5.41, 5.74) is 0.437. The highest BCUT2D eigenvalue weighted by Crippen LogP contribution is 2.46. The second kappa shape index (κ2) is 5.37. The molecule has 2 unspecified atom stereocenters. The Balaban J connectivity index is 2.24. The number of ether oxygens (including phenoxy) is 1. The molecule has 1 heterocycles. The van der Waals surface area contributed by atoms with Gasteiger partial charge in [-0.3, -0.25) is 4.79 Å². The van der Waals surface area contributed by atoms with Gasteiger partial charge in [0.25, 0.3) is 5.56 Å². The monoisotopic (exact) mass is 299 g/mol. The summed E-state index contributed by atoms with van der Waals surface area (Å²) < 4.78 is 6.99. The van der Waals surface area contributed by atoms with Crippen molar-refractivity contribution < 1.29 is 4.74 Å². The highest BCUT2D eigenvalue weighted by molar-refractivity contribution is 6.33. The van der Waals surface area contributed by atoms with Crippen molar-refractivity contribution in [2.45, 2.75) is 39.3 Å². The zero-order valence-electron chi connectivity index (χ0n) is 12.7. The number of rotatable bonds is 4. The molecule has 2 rings (SSSR count). The molecule has 0 amide bonds. The molecule has 0 bridgehead atoms. The Bertz CT molecular complexity index is 556. The third-order valence-corrected chi connectivity index (χ3v) is 4.76. The van der Waals surface area contributed by atoms with Crippen molar-refractivity contribution in [2.24, 2.45) is 12.5 Å². The van der Waals surface area contributed by atoms with Crippen molar-refractivity contribution in [1.29, 1.82) is 0 Å². The van der Waals surface area contributed by atoms with Gasteiger partial charge in [-0.05, 0) is 13.3 Å². The summed E-state index contributed by atoms with van der Waals surface area (Å²) >= 11 is 6.16. The quantitative estimate of drug-likeness (QED) is 0.854. The van der Waals surface area contributed by atoms with E-state index in [2.05, 4.69) is 18.9 Å². The lowest BCUT2D eigenvalue weighted by Gasteiger charge is -2.55. The normalized spacial score (nSPS) is 24.3. The zero-order valence-corrected chi connectivity index (χ0v) is 13.4. The fourth-order valence-corrected chi connectivity index (χ4v) is 3.23. The molecule has 0 saturated heterocycles. The minimum Gasteiger partial charge on any atom is -0.378 e. The molecule has 5 nitrogen and oxygen atoms in total. The third kappa shape index (κ3) is 2.33. The van der Waals surface area contributed by atoms with Crippen LogP contribution in [-0.2, 0) is 11.8 Å². The van der Waals surface area contributed by atoms with Gasteiger partial charge in [-0.2, -0.15) is 5.10 Å². The summed E-state index contributed by atoms with van der Waals surface area (Å²) in [5, 5.41) is 4.27. The minimum atomic E-state index is -0.269. The molecule has 1 aliphatic carbocycles. The predicted molar refractivity (Wildman–Crippen MR) is 80.5 cm³/mol.